The van der Waals surface area contributed by atoms with Gasteiger partial charge < -0.3 is 19.5 Å². The Hall–Kier alpha value is -1.91. The molecule has 0 fully saturated rings. The van der Waals surface area contributed by atoms with Crippen molar-refractivity contribution in [3.05, 3.63) is 17.7 Å². The average Bonchev–Trinajstić information content (AvgIpc) is 2.51. The SMILES string of the molecule is COc1cc(C(=O)NC(CC(C)C)C(C)(C)C)cc(OC)c1OC. The Morgan fingerprint density at radius 1 is 1.04 bits per heavy atom. The summed E-state index contributed by atoms with van der Waals surface area (Å²) in [6.07, 6.45) is 0.916. The fraction of sp³-hybridized carbons (Fsp3) is 0.632. The minimum Gasteiger partial charge on any atom is -0.493 e. The van der Waals surface area contributed by atoms with Crippen LogP contribution in [0.1, 0.15) is 51.4 Å². The molecule has 0 heterocycles. The first-order chi connectivity index (χ1) is 11.1. The molecule has 24 heavy (non-hydrogen) atoms. The van der Waals surface area contributed by atoms with Crippen LogP contribution in [0, 0.1) is 11.3 Å². The van der Waals surface area contributed by atoms with Crippen molar-refractivity contribution >= 4 is 5.91 Å². The van der Waals surface area contributed by atoms with Gasteiger partial charge in [0.1, 0.15) is 0 Å². The summed E-state index contributed by atoms with van der Waals surface area (Å²) in [7, 11) is 4.61. The third-order valence-corrected chi connectivity index (χ3v) is 3.98. The van der Waals surface area contributed by atoms with Gasteiger partial charge in [-0.2, -0.15) is 0 Å². The monoisotopic (exact) mass is 337 g/mol. The molecule has 0 aliphatic carbocycles. The van der Waals surface area contributed by atoms with Gasteiger partial charge in [-0.05, 0) is 29.9 Å². The molecular formula is C19H31NO4. The second-order valence-electron chi connectivity index (χ2n) is 7.44. The van der Waals surface area contributed by atoms with Gasteiger partial charge in [0, 0.05) is 11.6 Å². The van der Waals surface area contributed by atoms with Crippen LogP contribution in [0.5, 0.6) is 17.2 Å². The maximum absolute atomic E-state index is 12.8. The van der Waals surface area contributed by atoms with Crippen LogP contribution in [0.3, 0.4) is 0 Å². The van der Waals surface area contributed by atoms with Crippen LogP contribution in [-0.2, 0) is 0 Å². The predicted octanol–water partition coefficient (Wildman–Crippen LogP) is 3.90. The Bertz CT molecular complexity index is 536. The molecule has 1 aromatic carbocycles. The molecule has 0 saturated carbocycles. The zero-order valence-electron chi connectivity index (χ0n) is 16.1. The summed E-state index contributed by atoms with van der Waals surface area (Å²) in [4.78, 5) is 12.8. The van der Waals surface area contributed by atoms with E-state index >= 15 is 0 Å². The highest BCUT2D eigenvalue weighted by Gasteiger charge is 2.28. The maximum atomic E-state index is 12.8. The van der Waals surface area contributed by atoms with Crippen molar-refractivity contribution in [3.8, 4) is 17.2 Å². The van der Waals surface area contributed by atoms with Gasteiger partial charge in [0.15, 0.2) is 11.5 Å². The Morgan fingerprint density at radius 3 is 1.88 bits per heavy atom. The van der Waals surface area contributed by atoms with Gasteiger partial charge in [0.05, 0.1) is 21.3 Å². The molecule has 5 nitrogen and oxygen atoms in total. The quantitative estimate of drug-likeness (QED) is 0.820. The van der Waals surface area contributed by atoms with Crippen LogP contribution in [0.15, 0.2) is 12.1 Å². The van der Waals surface area contributed by atoms with E-state index in [1.807, 2.05) is 0 Å². The highest BCUT2D eigenvalue weighted by molar-refractivity contribution is 5.95. The molecule has 5 heteroatoms. The van der Waals surface area contributed by atoms with Gasteiger partial charge >= 0.3 is 0 Å². The van der Waals surface area contributed by atoms with Gasteiger partial charge in [-0.1, -0.05) is 34.6 Å². The first-order valence-electron chi connectivity index (χ1n) is 8.24. The van der Waals surface area contributed by atoms with E-state index in [4.69, 9.17) is 14.2 Å². The van der Waals surface area contributed by atoms with E-state index in [-0.39, 0.29) is 17.4 Å². The number of benzene rings is 1. The van der Waals surface area contributed by atoms with Gasteiger partial charge in [-0.3, -0.25) is 4.79 Å². The van der Waals surface area contributed by atoms with E-state index in [9.17, 15) is 4.79 Å². The summed E-state index contributed by atoms with van der Waals surface area (Å²) < 4.78 is 15.9. The third-order valence-electron chi connectivity index (χ3n) is 3.98. The Morgan fingerprint density at radius 2 is 1.54 bits per heavy atom. The molecule has 0 aromatic heterocycles. The molecule has 136 valence electrons. The fourth-order valence-corrected chi connectivity index (χ4v) is 2.55. The van der Waals surface area contributed by atoms with Crippen LogP contribution >= 0.6 is 0 Å². The highest BCUT2D eigenvalue weighted by Crippen LogP contribution is 2.38. The number of amides is 1. The molecule has 0 aliphatic heterocycles. The number of hydrogen-bond donors (Lipinski definition) is 1. The van der Waals surface area contributed by atoms with Crippen molar-refractivity contribution in [1.29, 1.82) is 0 Å². The molecule has 1 N–H and O–H groups in total. The van der Waals surface area contributed by atoms with Crippen LogP contribution in [0.2, 0.25) is 0 Å². The van der Waals surface area contributed by atoms with Crippen molar-refractivity contribution in [2.24, 2.45) is 11.3 Å². The topological polar surface area (TPSA) is 56.8 Å². The summed E-state index contributed by atoms with van der Waals surface area (Å²) in [6, 6.07) is 3.42. The first-order valence-corrected chi connectivity index (χ1v) is 8.24. The minimum atomic E-state index is -0.144. The Labute approximate surface area is 145 Å². The molecule has 0 saturated heterocycles. The van der Waals surface area contributed by atoms with Gasteiger partial charge in [0.25, 0.3) is 5.91 Å². The molecule has 0 spiro atoms. The predicted molar refractivity (Wildman–Crippen MR) is 96.3 cm³/mol. The van der Waals surface area contributed by atoms with Crippen molar-refractivity contribution in [3.63, 3.8) is 0 Å². The highest BCUT2D eigenvalue weighted by atomic mass is 16.5. The Kier molecular flexibility index (Phi) is 6.93. The van der Waals surface area contributed by atoms with E-state index < -0.39 is 0 Å². The average molecular weight is 337 g/mol. The largest absolute Gasteiger partial charge is 0.493 e. The molecule has 1 aromatic rings. The van der Waals surface area contributed by atoms with E-state index in [2.05, 4.69) is 39.9 Å². The number of carbonyl (C=O) groups is 1. The number of nitrogens with one attached hydrogen (secondary N) is 1. The summed E-state index contributed by atoms with van der Waals surface area (Å²) >= 11 is 0. The van der Waals surface area contributed by atoms with Crippen LogP contribution in [0.25, 0.3) is 0 Å². The zero-order valence-corrected chi connectivity index (χ0v) is 16.1. The summed E-state index contributed by atoms with van der Waals surface area (Å²) in [5.74, 6) is 1.77. The van der Waals surface area contributed by atoms with E-state index in [1.54, 1.807) is 19.2 Å². The van der Waals surface area contributed by atoms with E-state index in [1.165, 1.54) is 14.2 Å². The fourth-order valence-electron chi connectivity index (χ4n) is 2.55. The lowest BCUT2D eigenvalue weighted by atomic mass is 9.82. The molecule has 1 unspecified atom stereocenters. The number of ether oxygens (including phenoxy) is 3. The van der Waals surface area contributed by atoms with Crippen LogP contribution < -0.4 is 19.5 Å². The molecule has 1 rings (SSSR count). The van der Waals surface area contributed by atoms with Gasteiger partial charge in [0.2, 0.25) is 5.75 Å². The molecule has 0 aliphatic rings. The van der Waals surface area contributed by atoms with Crippen molar-refractivity contribution < 1.29 is 19.0 Å². The number of rotatable bonds is 7. The van der Waals surface area contributed by atoms with E-state index in [0.29, 0.717) is 28.7 Å². The molecule has 1 atom stereocenters. The lowest BCUT2D eigenvalue weighted by Crippen LogP contribution is -2.44. The maximum Gasteiger partial charge on any atom is 0.251 e. The molecular weight excluding hydrogens is 306 g/mol. The van der Waals surface area contributed by atoms with Crippen molar-refractivity contribution in [2.75, 3.05) is 21.3 Å². The number of methoxy groups -OCH3 is 3. The zero-order chi connectivity index (χ0) is 18.5. The first kappa shape index (κ1) is 20.1. The smallest absolute Gasteiger partial charge is 0.251 e. The standard InChI is InChI=1S/C19H31NO4/c1-12(2)9-16(19(3,4)5)20-18(21)13-10-14(22-6)17(24-8)15(11-13)23-7/h10-12,16H,9H2,1-8H3,(H,20,21). The minimum absolute atomic E-state index is 0.0272. The second kappa shape index (κ2) is 8.27. The third kappa shape index (κ3) is 5.05. The number of carbonyl (C=O) groups excluding carboxylic acids is 1. The summed E-state index contributed by atoms with van der Waals surface area (Å²) in [5.41, 5.74) is 0.461. The van der Waals surface area contributed by atoms with Crippen molar-refractivity contribution in [1.82, 2.24) is 5.32 Å². The lowest BCUT2D eigenvalue weighted by Gasteiger charge is -2.33. The van der Waals surface area contributed by atoms with Crippen LogP contribution in [-0.4, -0.2) is 33.3 Å². The number of hydrogen-bond acceptors (Lipinski definition) is 4. The molecule has 0 bridgehead atoms. The normalized spacial score (nSPS) is 12.7. The van der Waals surface area contributed by atoms with Crippen LogP contribution in [0.4, 0.5) is 0 Å². The van der Waals surface area contributed by atoms with Crippen molar-refractivity contribution in [2.45, 2.75) is 47.1 Å². The lowest BCUT2D eigenvalue weighted by molar-refractivity contribution is 0.0889. The summed E-state index contributed by atoms with van der Waals surface area (Å²) in [5, 5.41) is 3.15. The van der Waals surface area contributed by atoms with Gasteiger partial charge in [-0.25, -0.2) is 0 Å². The van der Waals surface area contributed by atoms with Gasteiger partial charge in [-0.15, -0.1) is 0 Å². The summed E-state index contributed by atoms with van der Waals surface area (Å²) in [6.45, 7) is 10.7. The molecule has 0 radical (unpaired) electrons. The van der Waals surface area contributed by atoms with E-state index in [0.717, 1.165) is 6.42 Å². The Balaban J connectivity index is 3.13. The molecule has 1 amide bonds. The second-order valence-corrected chi connectivity index (χ2v) is 7.44.